The van der Waals surface area contributed by atoms with Gasteiger partial charge in [0.15, 0.2) is 0 Å². The molecule has 0 aliphatic rings. The van der Waals surface area contributed by atoms with Crippen LogP contribution in [-0.2, 0) is 4.79 Å². The van der Waals surface area contributed by atoms with Gasteiger partial charge >= 0.3 is 29.2 Å². The summed E-state index contributed by atoms with van der Waals surface area (Å²) in [6.45, 7) is 0. The van der Waals surface area contributed by atoms with Gasteiger partial charge in [-0.15, -0.1) is 0 Å². The first-order valence-electron chi connectivity index (χ1n) is 1.09. The highest BCUT2D eigenvalue weighted by Gasteiger charge is 2.24. The van der Waals surface area contributed by atoms with Crippen molar-refractivity contribution in [3.05, 3.63) is 0 Å². The quantitative estimate of drug-likeness (QED) is 0.324. The number of hydrogen-bond acceptors (Lipinski definition) is 1. The van der Waals surface area contributed by atoms with E-state index in [1.807, 2.05) is 0 Å². The first kappa shape index (κ1) is 10.3. The van der Waals surface area contributed by atoms with Crippen molar-refractivity contribution in [3.63, 3.8) is 0 Å². The minimum Gasteiger partial charge on any atom is -0.293 e. The van der Waals surface area contributed by atoms with Gasteiger partial charge in [-0.3, -0.25) is 4.79 Å². The third-order valence-corrected chi connectivity index (χ3v) is 0.134. The maximum absolute atomic E-state index is 10.4. The van der Waals surface area contributed by atoms with Crippen LogP contribution in [0.25, 0.3) is 0 Å². The first-order valence-corrected chi connectivity index (χ1v) is 1.09. The van der Waals surface area contributed by atoms with E-state index in [9.17, 15) is 13.2 Å². The lowest BCUT2D eigenvalue weighted by molar-refractivity contribution is -0.156. The van der Waals surface area contributed by atoms with Crippen molar-refractivity contribution in [2.45, 2.75) is 6.18 Å². The van der Waals surface area contributed by atoms with E-state index in [-0.39, 0.29) is 23.1 Å². The van der Waals surface area contributed by atoms with Crippen LogP contribution in [0.15, 0.2) is 0 Å². The van der Waals surface area contributed by atoms with E-state index >= 15 is 0 Å². The number of halogens is 3. The number of carbonyl (C=O) groups is 1. The number of rotatable bonds is 0. The number of aldehydes is 1. The van der Waals surface area contributed by atoms with Crippen LogP contribution in [-0.4, -0.2) is 35.5 Å². The van der Waals surface area contributed by atoms with Crippen molar-refractivity contribution in [3.8, 4) is 0 Å². The fourth-order valence-corrected chi connectivity index (χ4v) is 0. The van der Waals surface area contributed by atoms with E-state index in [4.69, 9.17) is 4.79 Å². The second-order valence-corrected chi connectivity index (χ2v) is 0.659. The molecule has 0 saturated carbocycles. The summed E-state index contributed by atoms with van der Waals surface area (Å²) in [6, 6.07) is 0. The van der Waals surface area contributed by atoms with Crippen LogP contribution < -0.4 is 0 Å². The summed E-state index contributed by atoms with van der Waals surface area (Å²) in [4.78, 5) is 8.70. The Balaban J connectivity index is 0. The molecule has 0 atom stereocenters. The molecule has 0 spiro atoms. The molecular weight excluding hydrogens is 121 g/mol. The van der Waals surface area contributed by atoms with Crippen LogP contribution in [0.5, 0.6) is 0 Å². The van der Waals surface area contributed by atoms with E-state index in [0.717, 1.165) is 0 Å². The fraction of sp³-hybridized carbons (Fsp3) is 0.500. The first-order chi connectivity index (χ1) is 2.56. The molecule has 0 rings (SSSR count). The standard InChI is InChI=1S/C2HF3O.Mg.2H/c3-2(4,5)1-6;;;/h1H;;;. The van der Waals surface area contributed by atoms with Gasteiger partial charge in [0.1, 0.15) is 0 Å². The monoisotopic (exact) mass is 124 g/mol. The molecule has 0 N–H and O–H groups in total. The Morgan fingerprint density at radius 1 is 1.29 bits per heavy atom. The highest BCUT2D eigenvalue weighted by atomic mass is 24.3. The lowest BCUT2D eigenvalue weighted by Crippen LogP contribution is -2.07. The average Bonchev–Trinajstić information content (AvgIpc) is 1.35. The molecule has 0 unspecified atom stereocenters. The SMILES string of the molecule is O=CC(F)(F)F.[MgH2]. The molecule has 0 aromatic rings. The highest BCUT2D eigenvalue weighted by molar-refractivity contribution is 5.75. The lowest BCUT2D eigenvalue weighted by atomic mass is 10.8. The molecule has 1 nitrogen and oxygen atoms in total. The average molecular weight is 124 g/mol. The number of hydrogen-bond donors (Lipinski definition) is 0. The molecule has 0 amide bonds. The Kier molecular flexibility index (Phi) is 4.77. The summed E-state index contributed by atoms with van der Waals surface area (Å²) >= 11 is 0. The van der Waals surface area contributed by atoms with Crippen molar-refractivity contribution in [2.75, 3.05) is 0 Å². The minimum atomic E-state index is -4.64. The molecule has 0 radical (unpaired) electrons. The van der Waals surface area contributed by atoms with Crippen LogP contribution >= 0.6 is 0 Å². The van der Waals surface area contributed by atoms with E-state index in [1.165, 1.54) is 0 Å². The molecular formula is C2H3F3MgO. The van der Waals surface area contributed by atoms with Crippen LogP contribution in [0.3, 0.4) is 0 Å². The predicted molar refractivity (Wildman–Crippen MR) is 20.7 cm³/mol. The van der Waals surface area contributed by atoms with Gasteiger partial charge in [0, 0.05) is 0 Å². The topological polar surface area (TPSA) is 17.1 Å². The molecule has 0 aliphatic heterocycles. The van der Waals surface area contributed by atoms with Gasteiger partial charge < -0.3 is 0 Å². The summed E-state index contributed by atoms with van der Waals surface area (Å²) in [5, 5.41) is 0. The third-order valence-electron chi connectivity index (χ3n) is 0.134. The van der Waals surface area contributed by atoms with Gasteiger partial charge in [0.2, 0.25) is 6.29 Å². The van der Waals surface area contributed by atoms with E-state index in [0.29, 0.717) is 0 Å². The van der Waals surface area contributed by atoms with Gasteiger partial charge in [0.25, 0.3) is 0 Å². The van der Waals surface area contributed by atoms with Gasteiger partial charge in [-0.05, 0) is 0 Å². The summed E-state index contributed by atoms with van der Waals surface area (Å²) in [5.41, 5.74) is 0. The minimum absolute atomic E-state index is 0. The lowest BCUT2D eigenvalue weighted by Gasteiger charge is -1.87. The molecule has 40 valence electrons. The maximum atomic E-state index is 10.4. The predicted octanol–water partition coefficient (Wildman–Crippen LogP) is -0.169. The van der Waals surface area contributed by atoms with Crippen LogP contribution in [0.4, 0.5) is 13.2 Å². The third kappa shape index (κ3) is 10.7. The molecule has 0 heterocycles. The van der Waals surface area contributed by atoms with Gasteiger partial charge in [-0.1, -0.05) is 0 Å². The van der Waals surface area contributed by atoms with Crippen LogP contribution in [0, 0.1) is 0 Å². The largest absolute Gasteiger partial charge is 0.446 e. The fourth-order valence-electron chi connectivity index (χ4n) is 0. The maximum Gasteiger partial charge on any atom is 0.446 e. The summed E-state index contributed by atoms with van der Waals surface area (Å²) in [5.74, 6) is 0. The van der Waals surface area contributed by atoms with Crippen molar-refractivity contribution < 1.29 is 18.0 Å². The van der Waals surface area contributed by atoms with Crippen molar-refractivity contribution >= 4 is 29.3 Å². The Hall–Kier alpha value is 0.226. The second kappa shape index (κ2) is 3.26. The van der Waals surface area contributed by atoms with Gasteiger partial charge in [0.05, 0.1) is 0 Å². The van der Waals surface area contributed by atoms with Crippen LogP contribution in [0.1, 0.15) is 0 Å². The molecule has 0 saturated heterocycles. The molecule has 0 bridgehead atoms. The zero-order valence-corrected chi connectivity index (χ0v) is 2.62. The van der Waals surface area contributed by atoms with Crippen molar-refractivity contribution in [2.24, 2.45) is 0 Å². The van der Waals surface area contributed by atoms with Crippen molar-refractivity contribution in [1.82, 2.24) is 0 Å². The number of carbonyl (C=O) groups excluding carboxylic acids is 1. The number of alkyl halides is 3. The van der Waals surface area contributed by atoms with E-state index in [2.05, 4.69) is 0 Å². The zero-order chi connectivity index (χ0) is 5.21. The zero-order valence-electron chi connectivity index (χ0n) is 2.62. The summed E-state index contributed by atoms with van der Waals surface area (Å²) in [6.07, 6.45) is -5.70. The van der Waals surface area contributed by atoms with Crippen LogP contribution in [0.2, 0.25) is 0 Å². The Morgan fingerprint density at radius 2 is 1.43 bits per heavy atom. The molecule has 0 fully saturated rings. The van der Waals surface area contributed by atoms with E-state index < -0.39 is 12.5 Å². The normalized spacial score (nSPS) is 9.57. The highest BCUT2D eigenvalue weighted by Crippen LogP contribution is 2.08. The summed E-state index contributed by atoms with van der Waals surface area (Å²) in [7, 11) is 0. The molecule has 0 aliphatic carbocycles. The Bertz CT molecular complexity index is 58.4. The summed E-state index contributed by atoms with van der Waals surface area (Å²) < 4.78 is 31.2. The van der Waals surface area contributed by atoms with E-state index in [1.54, 1.807) is 0 Å². The van der Waals surface area contributed by atoms with Gasteiger partial charge in [-0.2, -0.15) is 13.2 Å². The van der Waals surface area contributed by atoms with Gasteiger partial charge in [-0.25, -0.2) is 0 Å². The molecule has 0 aromatic heterocycles. The molecule has 7 heavy (non-hydrogen) atoms. The molecule has 5 heteroatoms. The second-order valence-electron chi connectivity index (χ2n) is 0.659. The Morgan fingerprint density at radius 3 is 1.43 bits per heavy atom. The molecule has 0 aromatic carbocycles. The smallest absolute Gasteiger partial charge is 0.293 e. The van der Waals surface area contributed by atoms with Crippen molar-refractivity contribution in [1.29, 1.82) is 0 Å². The Labute approximate surface area is 54.0 Å².